The molecule has 0 fully saturated rings. The van der Waals surface area contributed by atoms with Crippen molar-refractivity contribution in [2.24, 2.45) is 0 Å². The molecule has 2 aromatic rings. The standard InChI is InChI=1S/C13H8ClIN2O/c1-7-4-10(11(6-16)13(18)17-7)9-3-2-8(15)5-12(9)14/h2-5H,1H3,(H,17,18). The van der Waals surface area contributed by atoms with E-state index in [9.17, 15) is 4.79 Å². The number of benzene rings is 1. The largest absolute Gasteiger partial charge is 0.325 e. The molecule has 0 saturated carbocycles. The fourth-order valence-corrected chi connectivity index (χ4v) is 2.68. The van der Waals surface area contributed by atoms with Gasteiger partial charge in [-0.15, -0.1) is 0 Å². The summed E-state index contributed by atoms with van der Waals surface area (Å²) in [5.74, 6) is 0. The third-order valence-electron chi connectivity index (χ3n) is 2.50. The molecule has 1 N–H and O–H groups in total. The molecule has 0 saturated heterocycles. The summed E-state index contributed by atoms with van der Waals surface area (Å²) in [4.78, 5) is 14.3. The highest BCUT2D eigenvalue weighted by Crippen LogP contribution is 2.30. The highest BCUT2D eigenvalue weighted by Gasteiger charge is 2.12. The van der Waals surface area contributed by atoms with Crippen LogP contribution in [-0.4, -0.2) is 4.98 Å². The minimum absolute atomic E-state index is 0.0868. The van der Waals surface area contributed by atoms with E-state index in [0.717, 1.165) is 3.57 Å². The van der Waals surface area contributed by atoms with Crippen molar-refractivity contribution in [1.29, 1.82) is 5.26 Å². The fraction of sp³-hybridized carbons (Fsp3) is 0.0769. The minimum atomic E-state index is -0.387. The molecule has 0 aliphatic heterocycles. The molecule has 90 valence electrons. The second-order valence-electron chi connectivity index (χ2n) is 3.81. The molecule has 0 atom stereocenters. The Morgan fingerprint density at radius 3 is 2.67 bits per heavy atom. The van der Waals surface area contributed by atoms with Crippen LogP contribution >= 0.6 is 34.2 Å². The predicted octanol–water partition coefficient (Wildman–Crippen LogP) is 3.48. The van der Waals surface area contributed by atoms with Crippen LogP contribution in [0.1, 0.15) is 11.3 Å². The first-order valence-electron chi connectivity index (χ1n) is 5.12. The molecule has 1 aromatic heterocycles. The number of H-pyrrole nitrogens is 1. The highest BCUT2D eigenvalue weighted by atomic mass is 127. The van der Waals surface area contributed by atoms with Gasteiger partial charge in [0.2, 0.25) is 0 Å². The highest BCUT2D eigenvalue weighted by molar-refractivity contribution is 14.1. The number of nitrogens with zero attached hydrogens (tertiary/aromatic N) is 1. The van der Waals surface area contributed by atoms with Gasteiger partial charge in [0.1, 0.15) is 11.6 Å². The van der Waals surface area contributed by atoms with Crippen molar-refractivity contribution in [2.75, 3.05) is 0 Å². The Morgan fingerprint density at radius 2 is 2.06 bits per heavy atom. The van der Waals surface area contributed by atoms with E-state index in [-0.39, 0.29) is 11.1 Å². The summed E-state index contributed by atoms with van der Waals surface area (Å²) < 4.78 is 1.00. The Morgan fingerprint density at radius 1 is 1.33 bits per heavy atom. The van der Waals surface area contributed by atoms with Crippen LogP contribution in [0.15, 0.2) is 29.1 Å². The van der Waals surface area contributed by atoms with Gasteiger partial charge in [0, 0.05) is 25.4 Å². The maximum atomic E-state index is 11.7. The number of hydrogen-bond donors (Lipinski definition) is 1. The van der Waals surface area contributed by atoms with Crippen molar-refractivity contribution in [1.82, 2.24) is 4.98 Å². The Balaban J connectivity index is 2.79. The lowest BCUT2D eigenvalue weighted by Crippen LogP contribution is -2.12. The van der Waals surface area contributed by atoms with Gasteiger partial charge >= 0.3 is 0 Å². The quantitative estimate of drug-likeness (QED) is 0.781. The predicted molar refractivity (Wildman–Crippen MR) is 79.7 cm³/mol. The zero-order valence-corrected chi connectivity index (χ0v) is 12.3. The van der Waals surface area contributed by atoms with E-state index in [2.05, 4.69) is 27.6 Å². The molecule has 0 radical (unpaired) electrons. The first kappa shape index (κ1) is 13.1. The van der Waals surface area contributed by atoms with Crippen LogP contribution in [0.5, 0.6) is 0 Å². The van der Waals surface area contributed by atoms with Crippen molar-refractivity contribution in [3.63, 3.8) is 0 Å². The Labute approximate surface area is 123 Å². The van der Waals surface area contributed by atoms with E-state index in [0.29, 0.717) is 21.8 Å². The summed E-state index contributed by atoms with van der Waals surface area (Å²) in [5, 5.41) is 9.61. The summed E-state index contributed by atoms with van der Waals surface area (Å²) in [5.41, 5.74) is 1.66. The minimum Gasteiger partial charge on any atom is -0.325 e. The topological polar surface area (TPSA) is 56.6 Å². The van der Waals surface area contributed by atoms with Gasteiger partial charge in [0.25, 0.3) is 5.56 Å². The van der Waals surface area contributed by atoms with Gasteiger partial charge in [0.15, 0.2) is 0 Å². The van der Waals surface area contributed by atoms with E-state index in [4.69, 9.17) is 16.9 Å². The average Bonchev–Trinajstić information content (AvgIpc) is 2.28. The van der Waals surface area contributed by atoms with Crippen molar-refractivity contribution in [3.8, 4) is 17.2 Å². The van der Waals surface area contributed by atoms with Crippen LogP contribution in [0, 0.1) is 21.8 Å². The zero-order chi connectivity index (χ0) is 13.3. The first-order valence-corrected chi connectivity index (χ1v) is 6.58. The van der Waals surface area contributed by atoms with Gasteiger partial charge in [-0.3, -0.25) is 4.79 Å². The summed E-state index contributed by atoms with van der Waals surface area (Å²) >= 11 is 8.33. The monoisotopic (exact) mass is 370 g/mol. The van der Waals surface area contributed by atoms with Crippen LogP contribution < -0.4 is 5.56 Å². The lowest BCUT2D eigenvalue weighted by Gasteiger charge is -2.07. The van der Waals surface area contributed by atoms with Gasteiger partial charge in [0.05, 0.1) is 0 Å². The van der Waals surface area contributed by atoms with Crippen LogP contribution in [0.25, 0.3) is 11.1 Å². The maximum absolute atomic E-state index is 11.7. The molecule has 0 bridgehead atoms. The van der Waals surface area contributed by atoms with Crippen LogP contribution in [-0.2, 0) is 0 Å². The van der Waals surface area contributed by atoms with Crippen molar-refractivity contribution < 1.29 is 0 Å². The SMILES string of the molecule is Cc1cc(-c2ccc(I)cc2Cl)c(C#N)c(=O)[nH]1. The molecule has 5 heteroatoms. The number of aromatic nitrogens is 1. The molecule has 0 unspecified atom stereocenters. The number of aromatic amines is 1. The second-order valence-corrected chi connectivity index (χ2v) is 5.46. The first-order chi connectivity index (χ1) is 8.52. The molecule has 3 nitrogen and oxygen atoms in total. The number of pyridine rings is 1. The maximum Gasteiger partial charge on any atom is 0.266 e. The molecule has 0 spiro atoms. The lowest BCUT2D eigenvalue weighted by molar-refractivity contribution is 1.13. The summed E-state index contributed by atoms with van der Waals surface area (Å²) in [6.45, 7) is 1.77. The zero-order valence-electron chi connectivity index (χ0n) is 9.42. The van der Waals surface area contributed by atoms with Crippen LogP contribution in [0.2, 0.25) is 5.02 Å². The van der Waals surface area contributed by atoms with Crippen LogP contribution in [0.3, 0.4) is 0 Å². The van der Waals surface area contributed by atoms with E-state index in [1.54, 1.807) is 19.1 Å². The Bertz CT molecular complexity index is 716. The smallest absolute Gasteiger partial charge is 0.266 e. The number of nitriles is 1. The summed E-state index contributed by atoms with van der Waals surface area (Å²) in [6.07, 6.45) is 0. The second kappa shape index (κ2) is 5.12. The normalized spacial score (nSPS) is 10.1. The van der Waals surface area contributed by atoms with Crippen molar-refractivity contribution >= 4 is 34.2 Å². The van der Waals surface area contributed by atoms with E-state index < -0.39 is 0 Å². The molecule has 0 aliphatic rings. The molecule has 0 aliphatic carbocycles. The molecular formula is C13H8ClIN2O. The molecule has 18 heavy (non-hydrogen) atoms. The summed E-state index contributed by atoms with van der Waals surface area (Å²) in [7, 11) is 0. The average molecular weight is 371 g/mol. The molecule has 1 aromatic carbocycles. The van der Waals surface area contributed by atoms with Crippen molar-refractivity contribution in [3.05, 3.63) is 54.5 Å². The molecule has 0 amide bonds. The van der Waals surface area contributed by atoms with Gasteiger partial charge in [-0.05, 0) is 47.7 Å². The van der Waals surface area contributed by atoms with Gasteiger partial charge in [-0.1, -0.05) is 17.7 Å². The van der Waals surface area contributed by atoms with Gasteiger partial charge in [-0.2, -0.15) is 5.26 Å². The van der Waals surface area contributed by atoms with Gasteiger partial charge < -0.3 is 4.98 Å². The van der Waals surface area contributed by atoms with E-state index in [1.807, 2.05) is 18.2 Å². The molecule has 1 heterocycles. The number of halogens is 2. The lowest BCUT2D eigenvalue weighted by atomic mass is 10.0. The number of aryl methyl sites for hydroxylation is 1. The molecule has 2 rings (SSSR count). The third-order valence-corrected chi connectivity index (χ3v) is 3.48. The van der Waals surface area contributed by atoms with Gasteiger partial charge in [-0.25, -0.2) is 0 Å². The van der Waals surface area contributed by atoms with E-state index in [1.165, 1.54) is 0 Å². The Hall–Kier alpha value is -1.32. The van der Waals surface area contributed by atoms with E-state index >= 15 is 0 Å². The number of rotatable bonds is 1. The summed E-state index contributed by atoms with van der Waals surface area (Å²) in [6, 6.07) is 9.19. The number of nitrogens with one attached hydrogen (secondary N) is 1. The Kier molecular flexibility index (Phi) is 3.73. The van der Waals surface area contributed by atoms with Crippen molar-refractivity contribution in [2.45, 2.75) is 6.92 Å². The number of hydrogen-bond acceptors (Lipinski definition) is 2. The molecular weight excluding hydrogens is 363 g/mol. The fourth-order valence-electron chi connectivity index (χ4n) is 1.72. The third kappa shape index (κ3) is 2.42. The van der Waals surface area contributed by atoms with Crippen LogP contribution in [0.4, 0.5) is 0 Å².